The van der Waals surface area contributed by atoms with Crippen LogP contribution in [-0.2, 0) is 0 Å². The number of anilines is 1. The van der Waals surface area contributed by atoms with Gasteiger partial charge in [-0.15, -0.1) is 0 Å². The Morgan fingerprint density at radius 3 is 2.67 bits per heavy atom. The summed E-state index contributed by atoms with van der Waals surface area (Å²) in [5.41, 5.74) is 2.63. The SMILES string of the molecule is CC[C@@H](C)c1ccccc1NC(=O)c1cccc(OC)c1. The van der Waals surface area contributed by atoms with Crippen LogP contribution in [0.25, 0.3) is 0 Å². The second kappa shape index (κ2) is 6.93. The van der Waals surface area contributed by atoms with Crippen molar-refractivity contribution in [3.8, 4) is 5.75 Å². The van der Waals surface area contributed by atoms with E-state index in [-0.39, 0.29) is 5.91 Å². The van der Waals surface area contributed by atoms with Crippen molar-refractivity contribution >= 4 is 11.6 Å². The van der Waals surface area contributed by atoms with Gasteiger partial charge < -0.3 is 10.1 Å². The number of nitrogens with one attached hydrogen (secondary N) is 1. The number of hydrogen-bond acceptors (Lipinski definition) is 2. The van der Waals surface area contributed by atoms with Gasteiger partial charge in [0.1, 0.15) is 5.75 Å². The fourth-order valence-electron chi connectivity index (χ4n) is 2.22. The maximum Gasteiger partial charge on any atom is 0.255 e. The molecular weight excluding hydrogens is 262 g/mol. The lowest BCUT2D eigenvalue weighted by Crippen LogP contribution is -2.14. The predicted octanol–water partition coefficient (Wildman–Crippen LogP) is 4.46. The molecule has 0 aliphatic heterocycles. The highest BCUT2D eigenvalue weighted by Crippen LogP contribution is 2.27. The quantitative estimate of drug-likeness (QED) is 0.879. The highest BCUT2D eigenvalue weighted by Gasteiger charge is 2.12. The molecule has 0 aliphatic carbocycles. The Morgan fingerprint density at radius 2 is 1.95 bits per heavy atom. The maximum absolute atomic E-state index is 12.4. The molecule has 1 N–H and O–H groups in total. The summed E-state index contributed by atoms with van der Waals surface area (Å²) >= 11 is 0. The van der Waals surface area contributed by atoms with Gasteiger partial charge in [0.2, 0.25) is 0 Å². The average Bonchev–Trinajstić information content (AvgIpc) is 2.54. The molecule has 0 radical (unpaired) electrons. The van der Waals surface area contributed by atoms with E-state index in [1.54, 1.807) is 19.2 Å². The number of methoxy groups -OCH3 is 1. The van der Waals surface area contributed by atoms with E-state index >= 15 is 0 Å². The highest BCUT2D eigenvalue weighted by atomic mass is 16.5. The number of carbonyl (C=O) groups is 1. The lowest BCUT2D eigenvalue weighted by atomic mass is 9.97. The van der Waals surface area contributed by atoms with Crippen molar-refractivity contribution in [1.29, 1.82) is 0 Å². The van der Waals surface area contributed by atoms with Crippen molar-refractivity contribution in [3.63, 3.8) is 0 Å². The normalized spacial score (nSPS) is 11.8. The fourth-order valence-corrected chi connectivity index (χ4v) is 2.22. The van der Waals surface area contributed by atoms with E-state index < -0.39 is 0 Å². The molecule has 0 aliphatic rings. The monoisotopic (exact) mass is 283 g/mol. The minimum Gasteiger partial charge on any atom is -0.497 e. The molecule has 2 rings (SSSR count). The average molecular weight is 283 g/mol. The Kier molecular flexibility index (Phi) is 4.99. The van der Waals surface area contributed by atoms with Crippen LogP contribution in [0.15, 0.2) is 48.5 Å². The lowest BCUT2D eigenvalue weighted by Gasteiger charge is -2.15. The van der Waals surface area contributed by atoms with Gasteiger partial charge in [-0.25, -0.2) is 0 Å². The van der Waals surface area contributed by atoms with Gasteiger partial charge in [0, 0.05) is 11.3 Å². The van der Waals surface area contributed by atoms with E-state index in [1.807, 2.05) is 30.3 Å². The first-order valence-corrected chi connectivity index (χ1v) is 7.20. The highest BCUT2D eigenvalue weighted by molar-refractivity contribution is 6.04. The zero-order valence-corrected chi connectivity index (χ0v) is 12.7. The third kappa shape index (κ3) is 3.63. The molecule has 110 valence electrons. The van der Waals surface area contributed by atoms with E-state index in [0.29, 0.717) is 17.2 Å². The Balaban J connectivity index is 2.23. The molecule has 2 aromatic rings. The minimum absolute atomic E-state index is 0.121. The minimum atomic E-state index is -0.121. The molecule has 1 atom stereocenters. The maximum atomic E-state index is 12.4. The molecule has 0 fully saturated rings. The molecular formula is C18H21NO2. The van der Waals surface area contributed by atoms with Gasteiger partial charge in [-0.1, -0.05) is 38.1 Å². The van der Waals surface area contributed by atoms with Crippen molar-refractivity contribution in [2.45, 2.75) is 26.2 Å². The zero-order chi connectivity index (χ0) is 15.2. The molecule has 0 bridgehead atoms. The molecule has 0 spiro atoms. The summed E-state index contributed by atoms with van der Waals surface area (Å²) < 4.78 is 5.15. The van der Waals surface area contributed by atoms with Crippen LogP contribution < -0.4 is 10.1 Å². The van der Waals surface area contributed by atoms with E-state index in [1.165, 1.54) is 0 Å². The van der Waals surface area contributed by atoms with Crippen LogP contribution in [-0.4, -0.2) is 13.0 Å². The lowest BCUT2D eigenvalue weighted by molar-refractivity contribution is 0.102. The van der Waals surface area contributed by atoms with Crippen molar-refractivity contribution < 1.29 is 9.53 Å². The van der Waals surface area contributed by atoms with Gasteiger partial charge in [0.05, 0.1) is 7.11 Å². The van der Waals surface area contributed by atoms with E-state index in [4.69, 9.17) is 4.74 Å². The van der Waals surface area contributed by atoms with E-state index in [2.05, 4.69) is 25.2 Å². The Morgan fingerprint density at radius 1 is 1.19 bits per heavy atom. The molecule has 0 unspecified atom stereocenters. The van der Waals surface area contributed by atoms with E-state index in [0.717, 1.165) is 17.7 Å². The molecule has 1 amide bonds. The molecule has 0 saturated carbocycles. The Bertz CT molecular complexity index is 622. The second-order valence-corrected chi connectivity index (χ2v) is 5.08. The molecule has 3 nitrogen and oxygen atoms in total. The number of rotatable bonds is 5. The summed E-state index contributed by atoms with van der Waals surface area (Å²) in [6.45, 7) is 4.31. The fraction of sp³-hybridized carbons (Fsp3) is 0.278. The van der Waals surface area contributed by atoms with Gasteiger partial charge in [-0.05, 0) is 42.2 Å². The van der Waals surface area contributed by atoms with Gasteiger partial charge in [-0.2, -0.15) is 0 Å². The number of ether oxygens (including phenoxy) is 1. The third-order valence-corrected chi connectivity index (χ3v) is 3.68. The summed E-state index contributed by atoms with van der Waals surface area (Å²) in [6, 6.07) is 15.1. The Labute approximate surface area is 126 Å². The van der Waals surface area contributed by atoms with Crippen molar-refractivity contribution in [3.05, 3.63) is 59.7 Å². The predicted molar refractivity (Wildman–Crippen MR) is 86.1 cm³/mol. The summed E-state index contributed by atoms with van der Waals surface area (Å²) in [6.07, 6.45) is 1.03. The summed E-state index contributed by atoms with van der Waals surface area (Å²) in [5.74, 6) is 0.967. The number of carbonyl (C=O) groups excluding carboxylic acids is 1. The molecule has 3 heteroatoms. The van der Waals surface area contributed by atoms with Crippen LogP contribution >= 0.6 is 0 Å². The first-order chi connectivity index (χ1) is 10.2. The van der Waals surface area contributed by atoms with Gasteiger partial charge in [0.15, 0.2) is 0 Å². The van der Waals surface area contributed by atoms with Crippen LogP contribution in [0.1, 0.15) is 42.1 Å². The van der Waals surface area contributed by atoms with Crippen LogP contribution in [0.5, 0.6) is 5.75 Å². The molecule has 0 saturated heterocycles. The molecule has 21 heavy (non-hydrogen) atoms. The largest absolute Gasteiger partial charge is 0.497 e. The number of amides is 1. The third-order valence-electron chi connectivity index (χ3n) is 3.68. The zero-order valence-electron chi connectivity index (χ0n) is 12.7. The molecule has 0 heterocycles. The van der Waals surface area contributed by atoms with Crippen LogP contribution in [0, 0.1) is 0 Å². The summed E-state index contributed by atoms with van der Waals surface area (Å²) in [4.78, 5) is 12.4. The van der Waals surface area contributed by atoms with Crippen LogP contribution in [0.3, 0.4) is 0 Å². The van der Waals surface area contributed by atoms with Gasteiger partial charge >= 0.3 is 0 Å². The van der Waals surface area contributed by atoms with Gasteiger partial charge in [0.25, 0.3) is 5.91 Å². The topological polar surface area (TPSA) is 38.3 Å². The van der Waals surface area contributed by atoms with E-state index in [9.17, 15) is 4.79 Å². The number of para-hydroxylation sites is 1. The first kappa shape index (κ1) is 15.1. The number of hydrogen-bond donors (Lipinski definition) is 1. The van der Waals surface area contributed by atoms with Crippen LogP contribution in [0.4, 0.5) is 5.69 Å². The molecule has 0 aromatic heterocycles. The first-order valence-electron chi connectivity index (χ1n) is 7.20. The number of benzene rings is 2. The van der Waals surface area contributed by atoms with Crippen molar-refractivity contribution in [1.82, 2.24) is 0 Å². The Hall–Kier alpha value is -2.29. The van der Waals surface area contributed by atoms with Crippen molar-refractivity contribution in [2.24, 2.45) is 0 Å². The standard InChI is InChI=1S/C18H21NO2/c1-4-13(2)16-10-5-6-11-17(16)19-18(20)14-8-7-9-15(12-14)21-3/h5-13H,4H2,1-3H3,(H,19,20)/t13-/m1/s1. The van der Waals surface area contributed by atoms with Crippen LogP contribution in [0.2, 0.25) is 0 Å². The summed E-state index contributed by atoms with van der Waals surface area (Å²) in [5, 5.41) is 3.00. The second-order valence-electron chi connectivity index (χ2n) is 5.08. The molecule has 2 aromatic carbocycles. The summed E-state index contributed by atoms with van der Waals surface area (Å²) in [7, 11) is 1.59. The van der Waals surface area contributed by atoms with Crippen molar-refractivity contribution in [2.75, 3.05) is 12.4 Å². The smallest absolute Gasteiger partial charge is 0.255 e. The van der Waals surface area contributed by atoms with Gasteiger partial charge in [-0.3, -0.25) is 4.79 Å².